The van der Waals surface area contributed by atoms with E-state index in [2.05, 4.69) is 67.0 Å². The molecule has 0 bridgehead atoms. The van der Waals surface area contributed by atoms with Crippen LogP contribution in [0, 0.1) is 0 Å². The summed E-state index contributed by atoms with van der Waals surface area (Å²) in [5, 5.41) is 18.3. The number of esters is 2. The fourth-order valence-corrected chi connectivity index (χ4v) is 6.02. The molecule has 0 aromatic heterocycles. The van der Waals surface area contributed by atoms with E-state index in [-0.39, 0.29) is 19.4 Å². The Morgan fingerprint density at radius 1 is 0.566 bits per heavy atom. The van der Waals surface area contributed by atoms with Crippen LogP contribution in [-0.4, -0.2) is 65.7 Å². The molecule has 0 spiro atoms. The van der Waals surface area contributed by atoms with E-state index < -0.39 is 51.8 Å². The van der Waals surface area contributed by atoms with Gasteiger partial charge < -0.3 is 24.6 Å². The van der Waals surface area contributed by atoms with E-state index >= 15 is 0 Å². The third-order valence-corrected chi connectivity index (χ3v) is 9.41. The maximum Gasteiger partial charge on any atom is 0.472 e. The van der Waals surface area contributed by atoms with Gasteiger partial charge in [0.05, 0.1) is 19.8 Å². The number of hydrogen-bond acceptors (Lipinski definition) is 9. The largest absolute Gasteiger partial charge is 0.472 e. The van der Waals surface area contributed by atoms with Crippen molar-refractivity contribution in [2.75, 3.05) is 26.4 Å². The summed E-state index contributed by atoms with van der Waals surface area (Å²) < 4.78 is 32.6. The van der Waals surface area contributed by atoms with Gasteiger partial charge in [0.15, 0.2) is 6.10 Å². The second kappa shape index (κ2) is 38.2. The lowest BCUT2D eigenvalue weighted by molar-refractivity contribution is -0.161. The SMILES string of the molecule is CCCCCC=CCC=CCC=CCCCCC(=O)OC(COC(=O)CCCCCCCC=CCCCCCCCC)COP(=O)(O)OCC(O)CO. The van der Waals surface area contributed by atoms with Gasteiger partial charge in [-0.2, -0.15) is 0 Å². The quantitative estimate of drug-likeness (QED) is 0.0240. The highest BCUT2D eigenvalue weighted by molar-refractivity contribution is 7.47. The highest BCUT2D eigenvalue weighted by atomic mass is 31.2. The predicted octanol–water partition coefficient (Wildman–Crippen LogP) is 10.6. The first-order valence-electron chi connectivity index (χ1n) is 20.6. The van der Waals surface area contributed by atoms with Gasteiger partial charge in [-0.25, -0.2) is 4.57 Å². The minimum Gasteiger partial charge on any atom is -0.462 e. The van der Waals surface area contributed by atoms with Gasteiger partial charge in [-0.15, -0.1) is 0 Å². The normalized spacial score (nSPS) is 14.4. The first-order chi connectivity index (χ1) is 25.7. The summed E-state index contributed by atoms with van der Waals surface area (Å²) in [6.07, 6.45) is 39.4. The van der Waals surface area contributed by atoms with Crippen molar-refractivity contribution in [3.63, 3.8) is 0 Å². The molecule has 3 unspecified atom stereocenters. The lowest BCUT2D eigenvalue weighted by Crippen LogP contribution is -2.29. The summed E-state index contributed by atoms with van der Waals surface area (Å²) in [6, 6.07) is 0. The molecule has 0 heterocycles. The van der Waals surface area contributed by atoms with Crippen LogP contribution in [0.4, 0.5) is 0 Å². The number of hydrogen-bond donors (Lipinski definition) is 3. The van der Waals surface area contributed by atoms with Crippen LogP contribution in [-0.2, 0) is 32.7 Å². The number of carbonyl (C=O) groups is 2. The number of aliphatic hydroxyl groups is 2. The molecule has 0 rings (SSSR count). The molecule has 10 nitrogen and oxygen atoms in total. The number of allylic oxidation sites excluding steroid dienone is 8. The molecule has 0 saturated carbocycles. The van der Waals surface area contributed by atoms with E-state index in [9.17, 15) is 24.2 Å². The molecule has 11 heteroatoms. The van der Waals surface area contributed by atoms with E-state index in [1.807, 2.05) is 0 Å². The number of unbranched alkanes of at least 4 members (excludes halogenated alkanes) is 16. The summed E-state index contributed by atoms with van der Waals surface area (Å²) in [5.41, 5.74) is 0. The Labute approximate surface area is 322 Å². The summed E-state index contributed by atoms with van der Waals surface area (Å²) in [7, 11) is -4.63. The summed E-state index contributed by atoms with van der Waals surface area (Å²) >= 11 is 0. The molecule has 0 radical (unpaired) electrons. The molecule has 53 heavy (non-hydrogen) atoms. The Morgan fingerprint density at radius 3 is 1.57 bits per heavy atom. The molecular weight excluding hydrogens is 695 g/mol. The fourth-order valence-electron chi connectivity index (χ4n) is 5.23. The average molecular weight is 771 g/mol. The number of phosphoric ester groups is 1. The Bertz CT molecular complexity index is 1030. The molecule has 0 saturated heterocycles. The van der Waals surface area contributed by atoms with Gasteiger partial charge in [0, 0.05) is 12.8 Å². The first kappa shape index (κ1) is 50.9. The first-order valence-corrected chi connectivity index (χ1v) is 22.1. The monoisotopic (exact) mass is 771 g/mol. The Kier molecular flexibility index (Phi) is 36.7. The van der Waals surface area contributed by atoms with Crippen LogP contribution in [0.2, 0.25) is 0 Å². The molecule has 0 aliphatic carbocycles. The van der Waals surface area contributed by atoms with Crippen molar-refractivity contribution >= 4 is 19.8 Å². The molecular formula is C42H75O10P. The Morgan fingerprint density at radius 2 is 0.981 bits per heavy atom. The molecule has 3 atom stereocenters. The van der Waals surface area contributed by atoms with Crippen LogP contribution in [0.5, 0.6) is 0 Å². The molecule has 3 N–H and O–H groups in total. The van der Waals surface area contributed by atoms with Crippen molar-refractivity contribution in [2.24, 2.45) is 0 Å². The van der Waals surface area contributed by atoms with Gasteiger partial charge in [-0.1, -0.05) is 127 Å². The van der Waals surface area contributed by atoms with Crippen LogP contribution in [0.1, 0.15) is 168 Å². The van der Waals surface area contributed by atoms with Gasteiger partial charge in [0.25, 0.3) is 0 Å². The van der Waals surface area contributed by atoms with E-state index in [1.54, 1.807) is 0 Å². The topological polar surface area (TPSA) is 149 Å². The van der Waals surface area contributed by atoms with Crippen molar-refractivity contribution in [1.29, 1.82) is 0 Å². The van der Waals surface area contributed by atoms with Crippen molar-refractivity contribution in [3.8, 4) is 0 Å². The third-order valence-electron chi connectivity index (χ3n) is 8.46. The van der Waals surface area contributed by atoms with Gasteiger partial charge in [-0.05, 0) is 77.0 Å². The zero-order chi connectivity index (χ0) is 39.1. The lowest BCUT2D eigenvalue weighted by atomic mass is 10.1. The molecule has 0 aromatic rings. The van der Waals surface area contributed by atoms with Crippen LogP contribution in [0.25, 0.3) is 0 Å². The van der Waals surface area contributed by atoms with Gasteiger partial charge >= 0.3 is 19.8 Å². The number of phosphoric acid groups is 1. The van der Waals surface area contributed by atoms with Gasteiger partial charge in [0.1, 0.15) is 12.7 Å². The van der Waals surface area contributed by atoms with Gasteiger partial charge in [0.2, 0.25) is 0 Å². The number of aliphatic hydroxyl groups excluding tert-OH is 2. The predicted molar refractivity (Wildman–Crippen MR) is 214 cm³/mol. The van der Waals surface area contributed by atoms with Crippen molar-refractivity contribution < 1.29 is 47.8 Å². The maximum absolute atomic E-state index is 12.6. The highest BCUT2D eigenvalue weighted by Crippen LogP contribution is 2.43. The minimum atomic E-state index is -4.63. The summed E-state index contributed by atoms with van der Waals surface area (Å²) in [5.74, 6) is -0.982. The van der Waals surface area contributed by atoms with Crippen molar-refractivity contribution in [1.82, 2.24) is 0 Å². The smallest absolute Gasteiger partial charge is 0.462 e. The number of rotatable bonds is 38. The molecule has 308 valence electrons. The van der Waals surface area contributed by atoms with Crippen LogP contribution >= 0.6 is 7.82 Å². The Hall–Kier alpha value is -2.07. The average Bonchev–Trinajstić information content (AvgIpc) is 3.14. The zero-order valence-electron chi connectivity index (χ0n) is 33.2. The van der Waals surface area contributed by atoms with E-state index in [1.165, 1.54) is 57.8 Å². The van der Waals surface area contributed by atoms with Crippen molar-refractivity contribution in [3.05, 3.63) is 48.6 Å². The van der Waals surface area contributed by atoms with E-state index in [0.717, 1.165) is 70.6 Å². The van der Waals surface area contributed by atoms with E-state index in [4.69, 9.17) is 19.1 Å². The lowest BCUT2D eigenvalue weighted by Gasteiger charge is -2.20. The molecule has 0 fully saturated rings. The molecule has 0 aromatic carbocycles. The van der Waals surface area contributed by atoms with Crippen molar-refractivity contribution in [2.45, 2.75) is 180 Å². The fraction of sp³-hybridized carbons (Fsp3) is 0.762. The Balaban J connectivity index is 4.42. The van der Waals surface area contributed by atoms with Crippen LogP contribution in [0.15, 0.2) is 48.6 Å². The molecule has 0 aliphatic heterocycles. The maximum atomic E-state index is 12.6. The molecule has 0 aliphatic rings. The number of ether oxygens (including phenoxy) is 2. The van der Waals surface area contributed by atoms with Crippen LogP contribution < -0.4 is 0 Å². The standard InChI is InChI=1S/C42H75O10P/c1-3-5-7-9-11-13-15-17-19-21-23-25-27-29-31-33-41(45)49-37-40(38-51-53(47,48)50-36-39(44)35-43)52-42(46)34-32-30-28-26-24-22-20-18-16-14-12-10-8-6-4-2/h12,14,17-20,24,26,39-40,43-44H,3-11,13,15-16,21-23,25,27-38H2,1-2H3,(H,47,48). The van der Waals surface area contributed by atoms with Crippen LogP contribution in [0.3, 0.4) is 0 Å². The van der Waals surface area contributed by atoms with Gasteiger partial charge in [-0.3, -0.25) is 18.6 Å². The second-order valence-corrected chi connectivity index (χ2v) is 15.1. The summed E-state index contributed by atoms with van der Waals surface area (Å²) in [6.45, 7) is 2.28. The number of carbonyl (C=O) groups excluding carboxylic acids is 2. The second-order valence-electron chi connectivity index (χ2n) is 13.7. The zero-order valence-corrected chi connectivity index (χ0v) is 34.1. The third kappa shape index (κ3) is 38.0. The van der Waals surface area contributed by atoms with E-state index in [0.29, 0.717) is 12.8 Å². The highest BCUT2D eigenvalue weighted by Gasteiger charge is 2.27. The molecule has 0 amide bonds. The summed E-state index contributed by atoms with van der Waals surface area (Å²) in [4.78, 5) is 34.9. The minimum absolute atomic E-state index is 0.133.